The summed E-state index contributed by atoms with van der Waals surface area (Å²) in [5.41, 5.74) is 8.07. The van der Waals surface area contributed by atoms with Crippen LogP contribution in [0.25, 0.3) is 0 Å². The number of hydrogen-bond donors (Lipinski definition) is 6. The largest absolute Gasteiger partial charge is 0.482 e. The summed E-state index contributed by atoms with van der Waals surface area (Å²) in [6.07, 6.45) is 0. The molecule has 432 valence electrons. The van der Waals surface area contributed by atoms with Gasteiger partial charge in [-0.15, -0.1) is 0 Å². The highest BCUT2D eigenvalue weighted by molar-refractivity contribution is 5.87. The Balaban J connectivity index is 1.21. The number of ether oxygens (including phenoxy) is 3. The molecule has 21 heteroatoms. The smallest absolute Gasteiger partial charge is 0.354 e. The summed E-state index contributed by atoms with van der Waals surface area (Å²) in [6, 6.07) is 19.4. The maximum absolute atomic E-state index is 12.5. The van der Waals surface area contributed by atoms with Crippen LogP contribution in [-0.4, -0.2) is 155 Å². The molecule has 7 rings (SSSR count). The summed E-state index contributed by atoms with van der Waals surface area (Å²) >= 11 is 0. The van der Waals surface area contributed by atoms with Crippen LogP contribution in [0.1, 0.15) is 115 Å². The number of carboxylic acids is 6. The van der Waals surface area contributed by atoms with E-state index in [4.69, 9.17) is 29.5 Å². The van der Waals surface area contributed by atoms with E-state index in [9.17, 15) is 44.1 Å². The topological polar surface area (TPSA) is 300 Å². The number of aromatic nitrogens is 3. The van der Waals surface area contributed by atoms with Crippen LogP contribution < -0.4 is 14.2 Å². The van der Waals surface area contributed by atoms with Crippen molar-refractivity contribution in [1.29, 1.82) is 0 Å². The molecule has 0 atom stereocenters. The third kappa shape index (κ3) is 17.7. The Hall–Kier alpha value is -10.1. The second kappa shape index (κ2) is 28.0. The van der Waals surface area contributed by atoms with E-state index in [1.807, 2.05) is 41.5 Å². The van der Waals surface area contributed by atoms with Gasteiger partial charge in [-0.05, 0) is 148 Å². The molecular weight excluding hydrogens is 1080 g/mol. The Morgan fingerprint density at radius 1 is 0.369 bits per heavy atom. The summed E-state index contributed by atoms with van der Waals surface area (Å²) < 4.78 is 16.1. The number of carboxylic acid groups (broad SMARTS) is 6. The van der Waals surface area contributed by atoms with E-state index in [2.05, 4.69) is 65.2 Å². The Labute approximate surface area is 484 Å². The van der Waals surface area contributed by atoms with Crippen LogP contribution in [-0.2, 0) is 34.0 Å². The number of hydrogen-bond acceptors (Lipinski definition) is 15. The fraction of sp³-hybridized carbons (Fsp3) is 0.286. The molecule has 4 heterocycles. The molecule has 0 unspecified atom stereocenters. The predicted octanol–water partition coefficient (Wildman–Crippen LogP) is 6.23. The number of aryl methyl sites for hydroxylation is 6. The molecule has 1 aliphatic heterocycles. The van der Waals surface area contributed by atoms with Crippen LogP contribution in [0, 0.1) is 77.1 Å². The van der Waals surface area contributed by atoms with Crippen LogP contribution in [0.15, 0.2) is 72.8 Å². The van der Waals surface area contributed by atoms with E-state index in [1.165, 1.54) is 18.2 Å². The first kappa shape index (κ1) is 61.5. The Kier molecular flexibility index (Phi) is 20.5. The van der Waals surface area contributed by atoms with Gasteiger partial charge in [-0.2, -0.15) is 0 Å². The molecule has 1 fully saturated rings. The van der Waals surface area contributed by atoms with E-state index < -0.39 is 55.6 Å². The molecule has 21 nitrogen and oxygen atoms in total. The average Bonchev–Trinajstić information content (AvgIpc) is 3.65. The normalized spacial score (nSPS) is 12.8. The first-order valence-corrected chi connectivity index (χ1v) is 26.3. The van der Waals surface area contributed by atoms with Gasteiger partial charge in [-0.1, -0.05) is 35.5 Å². The lowest BCUT2D eigenvalue weighted by atomic mass is 10.0. The third-order valence-corrected chi connectivity index (χ3v) is 13.2. The first-order valence-electron chi connectivity index (χ1n) is 26.3. The van der Waals surface area contributed by atoms with Gasteiger partial charge >= 0.3 is 35.8 Å². The van der Waals surface area contributed by atoms with Crippen LogP contribution in [0.5, 0.6) is 17.2 Å². The van der Waals surface area contributed by atoms with E-state index in [-0.39, 0.29) is 36.7 Å². The first-order chi connectivity index (χ1) is 39.9. The molecule has 6 N–H and O–H groups in total. The number of carbonyl (C=O) groups is 6. The SMILES string of the molecule is Cc1cc(OCC(=O)O)cc(C)c1C#Cc1cc(CN2CCN(Cc3cc(C#Cc4c(C)cc(OCC(=O)O)cc4C)cc(C(=O)O)n3)CCN(Cc3cc(C#Cc4c(C)cc(OCC(=O)O)cc4C)cc(C(=O)O)n3)CC2)nc(C(=O)O)c1. The van der Waals surface area contributed by atoms with Crippen molar-refractivity contribution in [3.8, 4) is 52.8 Å². The van der Waals surface area contributed by atoms with Gasteiger partial charge in [-0.3, -0.25) is 14.7 Å². The zero-order valence-corrected chi connectivity index (χ0v) is 47.0. The standard InChI is InChI=1S/C63H60N6O15/c1-37-19-49(82-34-58(70)71)20-38(2)52(37)10-7-43-25-46(64-55(28-43)61(76)77)31-67-13-15-68(32-47-26-44(29-56(65-47)62(78)79)8-11-53-39(3)21-50(22-40(53)4)83-35-59(72)73)17-18-69(16-14-67)33-48-27-45(30-57(66-48)63(80)81)9-12-54-41(5)23-51(24-42(54)6)84-36-60(74)75/h19-30H,13-18,31-36H2,1-6H3,(H,70,71)(H,72,73)(H,74,75)(H,76,77)(H,78,79)(H,80,81). The quantitative estimate of drug-likeness (QED) is 0.0520. The number of nitrogens with zero attached hydrogens (tertiary/aromatic N) is 6. The van der Waals surface area contributed by atoms with Gasteiger partial charge < -0.3 is 44.8 Å². The minimum atomic E-state index is -1.26. The number of aliphatic carboxylic acids is 3. The van der Waals surface area contributed by atoms with Gasteiger partial charge in [0.2, 0.25) is 0 Å². The molecule has 1 saturated heterocycles. The van der Waals surface area contributed by atoms with Crippen LogP contribution in [0.3, 0.4) is 0 Å². The zero-order chi connectivity index (χ0) is 60.8. The minimum absolute atomic E-state index is 0.182. The Bertz CT molecular complexity index is 3320. The second-order valence-corrected chi connectivity index (χ2v) is 20.0. The van der Waals surface area contributed by atoms with Crippen LogP contribution in [0.2, 0.25) is 0 Å². The van der Waals surface area contributed by atoms with E-state index in [0.717, 1.165) is 33.4 Å². The van der Waals surface area contributed by atoms with Crippen LogP contribution >= 0.6 is 0 Å². The maximum atomic E-state index is 12.5. The van der Waals surface area contributed by atoms with Crippen molar-refractivity contribution in [2.75, 3.05) is 59.1 Å². The highest BCUT2D eigenvalue weighted by atomic mass is 16.5. The lowest BCUT2D eigenvalue weighted by Crippen LogP contribution is -2.36. The highest BCUT2D eigenvalue weighted by Gasteiger charge is 2.22. The summed E-state index contributed by atoms with van der Waals surface area (Å²) in [7, 11) is 0. The molecule has 1 aliphatic rings. The summed E-state index contributed by atoms with van der Waals surface area (Å²) in [6.45, 7) is 12.4. The molecule has 3 aromatic carbocycles. The predicted molar refractivity (Wildman–Crippen MR) is 305 cm³/mol. The maximum Gasteiger partial charge on any atom is 0.354 e. The summed E-state index contributed by atoms with van der Waals surface area (Å²) in [4.78, 5) is 90.8. The average molecular weight is 1140 g/mol. The van der Waals surface area contributed by atoms with Crippen molar-refractivity contribution >= 4 is 35.8 Å². The summed E-state index contributed by atoms with van der Waals surface area (Å²) in [5, 5.41) is 58.0. The van der Waals surface area contributed by atoms with Gasteiger partial charge in [0.1, 0.15) is 34.3 Å². The molecule has 0 amide bonds. The lowest BCUT2D eigenvalue weighted by molar-refractivity contribution is -0.140. The lowest BCUT2D eigenvalue weighted by Gasteiger charge is -2.25. The number of rotatable bonds is 18. The van der Waals surface area contributed by atoms with Crippen molar-refractivity contribution in [1.82, 2.24) is 29.7 Å². The highest BCUT2D eigenvalue weighted by Crippen LogP contribution is 2.25. The van der Waals surface area contributed by atoms with Gasteiger partial charge in [0.25, 0.3) is 0 Å². The molecule has 0 bridgehead atoms. The van der Waals surface area contributed by atoms with Crippen molar-refractivity contribution in [2.45, 2.75) is 61.2 Å². The molecule has 0 saturated carbocycles. The van der Waals surface area contributed by atoms with E-state index in [1.54, 1.807) is 54.6 Å². The second-order valence-electron chi connectivity index (χ2n) is 20.0. The van der Waals surface area contributed by atoms with Crippen molar-refractivity contribution in [3.63, 3.8) is 0 Å². The van der Waals surface area contributed by atoms with Gasteiger partial charge in [-0.25, -0.2) is 43.7 Å². The molecule has 84 heavy (non-hydrogen) atoms. The van der Waals surface area contributed by atoms with Crippen molar-refractivity contribution < 1.29 is 73.6 Å². The zero-order valence-electron chi connectivity index (χ0n) is 47.0. The van der Waals surface area contributed by atoms with Crippen LogP contribution in [0.4, 0.5) is 0 Å². The van der Waals surface area contributed by atoms with Crippen molar-refractivity contribution in [3.05, 3.63) is 174 Å². The third-order valence-electron chi connectivity index (χ3n) is 13.2. The minimum Gasteiger partial charge on any atom is -0.482 e. The van der Waals surface area contributed by atoms with Gasteiger partial charge in [0, 0.05) is 92.3 Å². The number of aromatic carboxylic acids is 3. The van der Waals surface area contributed by atoms with Crippen molar-refractivity contribution in [2.24, 2.45) is 0 Å². The number of pyridine rings is 3. The molecule has 6 aromatic rings. The molecule has 3 aromatic heterocycles. The van der Waals surface area contributed by atoms with E-state index >= 15 is 0 Å². The van der Waals surface area contributed by atoms with E-state index in [0.29, 0.717) is 107 Å². The Morgan fingerprint density at radius 2 is 0.595 bits per heavy atom. The fourth-order valence-electron chi connectivity index (χ4n) is 9.35. The molecular formula is C63H60N6O15. The van der Waals surface area contributed by atoms with Gasteiger partial charge in [0.05, 0.1) is 17.1 Å². The molecule has 0 radical (unpaired) electrons. The fourth-order valence-corrected chi connectivity index (χ4v) is 9.35. The summed E-state index contributed by atoms with van der Waals surface area (Å²) in [5.74, 6) is 12.7. The monoisotopic (exact) mass is 1140 g/mol. The number of benzene rings is 3. The molecule has 0 aliphatic carbocycles. The Morgan fingerprint density at radius 3 is 0.798 bits per heavy atom. The molecule has 0 spiro atoms. The van der Waals surface area contributed by atoms with Gasteiger partial charge in [0.15, 0.2) is 19.8 Å².